The number of rotatable bonds is 6. The molecule has 7 heteroatoms. The Bertz CT molecular complexity index is 347. The monoisotopic (exact) mass is 292 g/mol. The van der Waals surface area contributed by atoms with E-state index in [1.165, 1.54) is 0 Å². The van der Waals surface area contributed by atoms with E-state index >= 15 is 0 Å². The Morgan fingerprint density at radius 2 is 2.00 bits per heavy atom. The summed E-state index contributed by atoms with van der Waals surface area (Å²) < 4.78 is 39.8. The maximum absolute atomic E-state index is 11.8. The van der Waals surface area contributed by atoms with Crippen LogP contribution in [0.3, 0.4) is 0 Å². The Hall–Kier alpha value is -1.29. The van der Waals surface area contributed by atoms with Crippen molar-refractivity contribution in [3.05, 3.63) is 0 Å². The zero-order valence-electron chi connectivity index (χ0n) is 11.2. The van der Waals surface area contributed by atoms with E-state index < -0.39 is 24.7 Å². The zero-order valence-corrected chi connectivity index (χ0v) is 11.2. The minimum atomic E-state index is -4.38. The molecule has 1 fully saturated rings. The van der Waals surface area contributed by atoms with Gasteiger partial charge in [-0.05, 0) is 18.8 Å². The summed E-state index contributed by atoms with van der Waals surface area (Å²) in [6, 6.07) is 1.51. The molecule has 1 atom stereocenters. The zero-order chi connectivity index (χ0) is 15.0. The summed E-state index contributed by atoms with van der Waals surface area (Å²) in [5, 5.41) is 11.6. The SMILES string of the molecule is N#CC(NC(=O)CCOCC(F)(F)F)C1CCCCC1. The first-order valence-corrected chi connectivity index (χ1v) is 6.76. The number of nitrogens with zero attached hydrogens (tertiary/aromatic N) is 1. The molecular formula is C13H19F3N2O2. The normalized spacial score (nSPS) is 18.3. The summed E-state index contributed by atoms with van der Waals surface area (Å²) >= 11 is 0. The van der Waals surface area contributed by atoms with Crippen LogP contribution in [0.5, 0.6) is 0 Å². The highest BCUT2D eigenvalue weighted by Crippen LogP contribution is 2.26. The lowest BCUT2D eigenvalue weighted by molar-refractivity contribution is -0.174. The van der Waals surface area contributed by atoms with Crippen molar-refractivity contribution >= 4 is 5.91 Å². The molecule has 1 unspecified atom stereocenters. The van der Waals surface area contributed by atoms with Crippen molar-refractivity contribution in [1.82, 2.24) is 5.32 Å². The van der Waals surface area contributed by atoms with Crippen LogP contribution >= 0.6 is 0 Å². The Kier molecular flexibility index (Phi) is 6.79. The number of carbonyl (C=O) groups excluding carboxylic acids is 1. The standard InChI is InChI=1S/C13H19F3N2O2/c14-13(15,16)9-20-7-6-12(19)18-11(8-17)10-4-2-1-3-5-10/h10-11H,1-7,9H2,(H,18,19). The van der Waals surface area contributed by atoms with Crippen molar-refractivity contribution in [1.29, 1.82) is 5.26 Å². The topological polar surface area (TPSA) is 62.1 Å². The molecule has 0 radical (unpaired) electrons. The Morgan fingerprint density at radius 1 is 1.35 bits per heavy atom. The number of hydrogen-bond acceptors (Lipinski definition) is 3. The molecule has 1 aliphatic carbocycles. The first-order valence-electron chi connectivity index (χ1n) is 6.76. The fourth-order valence-electron chi connectivity index (χ4n) is 2.32. The third-order valence-corrected chi connectivity index (χ3v) is 3.32. The van der Waals surface area contributed by atoms with Crippen molar-refractivity contribution in [2.75, 3.05) is 13.2 Å². The Morgan fingerprint density at radius 3 is 2.55 bits per heavy atom. The predicted octanol–water partition coefficient (Wildman–Crippen LogP) is 2.54. The van der Waals surface area contributed by atoms with Crippen LogP contribution in [0.1, 0.15) is 38.5 Å². The van der Waals surface area contributed by atoms with Crippen molar-refractivity contribution < 1.29 is 22.7 Å². The first-order chi connectivity index (χ1) is 9.42. The van der Waals surface area contributed by atoms with Crippen LogP contribution in [0, 0.1) is 17.2 Å². The van der Waals surface area contributed by atoms with Gasteiger partial charge in [0.15, 0.2) is 0 Å². The third-order valence-electron chi connectivity index (χ3n) is 3.32. The number of ether oxygens (including phenoxy) is 1. The molecule has 0 saturated heterocycles. The summed E-state index contributed by atoms with van der Waals surface area (Å²) in [5.74, 6) is -0.293. The van der Waals surface area contributed by atoms with Crippen molar-refractivity contribution in [3.8, 4) is 6.07 Å². The van der Waals surface area contributed by atoms with Crippen molar-refractivity contribution in [2.45, 2.75) is 50.7 Å². The fourth-order valence-corrected chi connectivity index (χ4v) is 2.32. The summed E-state index contributed by atoms with van der Waals surface area (Å²) in [6.07, 6.45) is 0.510. The van der Waals surface area contributed by atoms with Gasteiger partial charge in [0, 0.05) is 0 Å². The molecule has 1 N–H and O–H groups in total. The van der Waals surface area contributed by atoms with Gasteiger partial charge in [-0.15, -0.1) is 0 Å². The van der Waals surface area contributed by atoms with Gasteiger partial charge in [0.25, 0.3) is 0 Å². The van der Waals surface area contributed by atoms with Crippen molar-refractivity contribution in [3.63, 3.8) is 0 Å². The molecule has 1 saturated carbocycles. The van der Waals surface area contributed by atoms with E-state index in [4.69, 9.17) is 5.26 Å². The summed E-state index contributed by atoms with van der Waals surface area (Å²) in [5.41, 5.74) is 0. The molecule has 114 valence electrons. The van der Waals surface area contributed by atoms with Crippen LogP contribution in [0.25, 0.3) is 0 Å². The van der Waals surface area contributed by atoms with E-state index in [-0.39, 0.29) is 18.9 Å². The molecule has 0 aromatic rings. The van der Waals surface area contributed by atoms with Crippen LogP contribution in [0.2, 0.25) is 0 Å². The molecule has 1 rings (SSSR count). The summed E-state index contributed by atoms with van der Waals surface area (Å²) in [6.45, 7) is -1.65. The highest BCUT2D eigenvalue weighted by molar-refractivity contribution is 5.76. The van der Waals surface area contributed by atoms with E-state index in [9.17, 15) is 18.0 Å². The van der Waals surface area contributed by atoms with Crippen LogP contribution in [0.4, 0.5) is 13.2 Å². The molecule has 0 aromatic carbocycles. The summed E-state index contributed by atoms with van der Waals surface area (Å²) in [4.78, 5) is 11.6. The van der Waals surface area contributed by atoms with E-state index in [1.807, 2.05) is 0 Å². The van der Waals surface area contributed by atoms with Gasteiger partial charge in [-0.1, -0.05) is 19.3 Å². The highest BCUT2D eigenvalue weighted by atomic mass is 19.4. The maximum Gasteiger partial charge on any atom is 0.411 e. The number of alkyl halides is 3. The lowest BCUT2D eigenvalue weighted by Crippen LogP contribution is -2.40. The lowest BCUT2D eigenvalue weighted by Gasteiger charge is -2.26. The number of nitrogens with one attached hydrogen (secondary N) is 1. The molecule has 0 bridgehead atoms. The summed E-state index contributed by atoms with van der Waals surface area (Å²) in [7, 11) is 0. The maximum atomic E-state index is 11.8. The molecule has 0 spiro atoms. The average molecular weight is 292 g/mol. The number of carbonyl (C=O) groups is 1. The van der Waals surface area contributed by atoms with Gasteiger partial charge in [0.05, 0.1) is 19.1 Å². The number of amides is 1. The van der Waals surface area contributed by atoms with Gasteiger partial charge in [0.1, 0.15) is 12.6 Å². The minimum absolute atomic E-state index is 0.147. The number of halogens is 3. The molecular weight excluding hydrogens is 273 g/mol. The number of nitriles is 1. The van der Waals surface area contributed by atoms with E-state index in [1.54, 1.807) is 0 Å². The lowest BCUT2D eigenvalue weighted by atomic mass is 9.84. The molecule has 0 aromatic heterocycles. The molecule has 1 amide bonds. The van der Waals surface area contributed by atoms with Crippen LogP contribution < -0.4 is 5.32 Å². The van der Waals surface area contributed by atoms with Crippen LogP contribution in [-0.2, 0) is 9.53 Å². The molecule has 0 aliphatic heterocycles. The smallest absolute Gasteiger partial charge is 0.372 e. The molecule has 0 heterocycles. The van der Waals surface area contributed by atoms with Gasteiger partial charge < -0.3 is 10.1 Å². The van der Waals surface area contributed by atoms with Gasteiger partial charge in [-0.3, -0.25) is 4.79 Å². The largest absolute Gasteiger partial charge is 0.411 e. The Labute approximate surface area is 116 Å². The van der Waals surface area contributed by atoms with Gasteiger partial charge in [0.2, 0.25) is 5.91 Å². The second-order valence-corrected chi connectivity index (χ2v) is 4.99. The van der Waals surface area contributed by atoms with Gasteiger partial charge in [-0.25, -0.2) is 0 Å². The quantitative estimate of drug-likeness (QED) is 0.765. The number of hydrogen-bond donors (Lipinski definition) is 1. The van der Waals surface area contributed by atoms with Gasteiger partial charge in [-0.2, -0.15) is 18.4 Å². The predicted molar refractivity (Wildman–Crippen MR) is 65.6 cm³/mol. The van der Waals surface area contributed by atoms with Crippen LogP contribution in [0.15, 0.2) is 0 Å². The second-order valence-electron chi connectivity index (χ2n) is 4.99. The van der Waals surface area contributed by atoms with Gasteiger partial charge >= 0.3 is 6.18 Å². The fraction of sp³-hybridized carbons (Fsp3) is 0.846. The average Bonchev–Trinajstić information content (AvgIpc) is 2.41. The molecule has 20 heavy (non-hydrogen) atoms. The molecule has 1 aliphatic rings. The van der Waals surface area contributed by atoms with E-state index in [0.717, 1.165) is 32.1 Å². The second kappa shape index (κ2) is 8.10. The minimum Gasteiger partial charge on any atom is -0.372 e. The Balaban J connectivity index is 2.24. The van der Waals surface area contributed by atoms with Crippen molar-refractivity contribution in [2.24, 2.45) is 5.92 Å². The molecule has 4 nitrogen and oxygen atoms in total. The third kappa shape index (κ3) is 6.75. The van der Waals surface area contributed by atoms with E-state index in [0.29, 0.717) is 0 Å². The highest BCUT2D eigenvalue weighted by Gasteiger charge is 2.28. The van der Waals surface area contributed by atoms with Crippen LogP contribution in [-0.4, -0.2) is 31.3 Å². The first kappa shape index (κ1) is 16.8. The van der Waals surface area contributed by atoms with E-state index in [2.05, 4.69) is 16.1 Å².